The Morgan fingerprint density at radius 2 is 2.45 bits per heavy atom. The first-order chi connectivity index (χ1) is 10.4. The lowest BCUT2D eigenvalue weighted by molar-refractivity contribution is 0.0420. The highest BCUT2D eigenvalue weighted by Crippen LogP contribution is 2.07. The van der Waals surface area contributed by atoms with Crippen molar-refractivity contribution in [2.75, 3.05) is 32.9 Å². The molecule has 3 N–H and O–H groups in total. The second kappa shape index (κ2) is 11.7. The maximum Gasteiger partial charge on any atom is 0.191 e. The molecular formula is C14H26IN5O2. The number of halogens is 1. The van der Waals surface area contributed by atoms with Crippen LogP contribution in [0.2, 0.25) is 0 Å². The van der Waals surface area contributed by atoms with Crippen LogP contribution < -0.4 is 10.6 Å². The summed E-state index contributed by atoms with van der Waals surface area (Å²) in [6, 6.07) is 1.92. The predicted octanol–water partition coefficient (Wildman–Crippen LogP) is 1.28. The van der Waals surface area contributed by atoms with Gasteiger partial charge in [-0.3, -0.25) is 5.10 Å². The predicted molar refractivity (Wildman–Crippen MR) is 96.6 cm³/mol. The zero-order valence-corrected chi connectivity index (χ0v) is 15.3. The molecule has 0 aromatic carbocycles. The van der Waals surface area contributed by atoms with E-state index in [-0.39, 0.29) is 30.1 Å². The van der Waals surface area contributed by atoms with Gasteiger partial charge in [-0.15, -0.1) is 24.0 Å². The van der Waals surface area contributed by atoms with Gasteiger partial charge in [0.1, 0.15) is 0 Å². The van der Waals surface area contributed by atoms with Gasteiger partial charge in [0.15, 0.2) is 5.96 Å². The summed E-state index contributed by atoms with van der Waals surface area (Å²) in [5.74, 6) is 0.816. The third kappa shape index (κ3) is 7.41. The lowest BCUT2D eigenvalue weighted by Gasteiger charge is -2.12. The SMILES string of the molecule is CCNC(=NCc1ccn[nH]1)NCCCOC1CCOC1.I. The van der Waals surface area contributed by atoms with E-state index < -0.39 is 0 Å². The van der Waals surface area contributed by atoms with E-state index in [0.717, 1.165) is 57.4 Å². The maximum absolute atomic E-state index is 5.73. The number of hydrogen-bond acceptors (Lipinski definition) is 4. The Morgan fingerprint density at radius 1 is 1.55 bits per heavy atom. The molecule has 8 heteroatoms. The number of aromatic amines is 1. The molecule has 1 aromatic heterocycles. The van der Waals surface area contributed by atoms with E-state index in [2.05, 4.69) is 32.7 Å². The summed E-state index contributed by atoms with van der Waals surface area (Å²) in [6.45, 7) is 6.63. The van der Waals surface area contributed by atoms with Crippen LogP contribution in [0.5, 0.6) is 0 Å². The number of aliphatic imine (C=N–C) groups is 1. The van der Waals surface area contributed by atoms with E-state index in [1.165, 1.54) is 0 Å². The van der Waals surface area contributed by atoms with E-state index in [1.807, 2.05) is 6.07 Å². The molecule has 2 heterocycles. The number of aromatic nitrogens is 2. The number of H-pyrrole nitrogens is 1. The van der Waals surface area contributed by atoms with Crippen LogP contribution in [0.3, 0.4) is 0 Å². The molecule has 1 saturated heterocycles. The first-order valence-electron chi connectivity index (χ1n) is 7.58. The molecule has 22 heavy (non-hydrogen) atoms. The zero-order valence-electron chi connectivity index (χ0n) is 13.0. The van der Waals surface area contributed by atoms with Gasteiger partial charge in [-0.2, -0.15) is 5.10 Å². The van der Waals surface area contributed by atoms with E-state index in [9.17, 15) is 0 Å². The first kappa shape index (κ1) is 19.2. The van der Waals surface area contributed by atoms with E-state index in [4.69, 9.17) is 9.47 Å². The lowest BCUT2D eigenvalue weighted by atomic mass is 10.3. The third-order valence-electron chi connectivity index (χ3n) is 3.17. The van der Waals surface area contributed by atoms with Crippen molar-refractivity contribution in [2.24, 2.45) is 4.99 Å². The minimum atomic E-state index is 0. The van der Waals surface area contributed by atoms with E-state index in [0.29, 0.717) is 6.54 Å². The van der Waals surface area contributed by atoms with Gasteiger partial charge in [-0.25, -0.2) is 4.99 Å². The van der Waals surface area contributed by atoms with Gasteiger partial charge in [-0.05, 0) is 25.8 Å². The highest BCUT2D eigenvalue weighted by molar-refractivity contribution is 14.0. The molecule has 1 unspecified atom stereocenters. The van der Waals surface area contributed by atoms with Crippen LogP contribution in [0.15, 0.2) is 17.3 Å². The summed E-state index contributed by atoms with van der Waals surface area (Å²) in [7, 11) is 0. The highest BCUT2D eigenvalue weighted by Gasteiger charge is 2.15. The number of hydrogen-bond donors (Lipinski definition) is 3. The fourth-order valence-corrected chi connectivity index (χ4v) is 2.05. The second-order valence-electron chi connectivity index (χ2n) is 4.91. The molecular weight excluding hydrogens is 397 g/mol. The summed E-state index contributed by atoms with van der Waals surface area (Å²) in [4.78, 5) is 4.49. The summed E-state index contributed by atoms with van der Waals surface area (Å²) < 4.78 is 11.0. The molecule has 0 amide bonds. The summed E-state index contributed by atoms with van der Waals surface area (Å²) >= 11 is 0. The lowest BCUT2D eigenvalue weighted by Crippen LogP contribution is -2.38. The fraction of sp³-hybridized carbons (Fsp3) is 0.714. The summed E-state index contributed by atoms with van der Waals surface area (Å²) in [5.41, 5.74) is 0.997. The molecule has 7 nitrogen and oxygen atoms in total. The van der Waals surface area contributed by atoms with Crippen molar-refractivity contribution >= 4 is 29.9 Å². The smallest absolute Gasteiger partial charge is 0.191 e. The number of ether oxygens (including phenoxy) is 2. The van der Waals surface area contributed by atoms with Crippen molar-refractivity contribution in [1.29, 1.82) is 0 Å². The average molecular weight is 423 g/mol. The largest absolute Gasteiger partial charge is 0.379 e. The summed E-state index contributed by atoms with van der Waals surface area (Å²) in [5, 5.41) is 13.3. The Hall–Kier alpha value is -0.870. The van der Waals surface area contributed by atoms with Gasteiger partial charge in [0.2, 0.25) is 0 Å². The molecule has 0 aliphatic carbocycles. The van der Waals surface area contributed by atoms with Crippen LogP contribution in [0.25, 0.3) is 0 Å². The van der Waals surface area contributed by atoms with Gasteiger partial charge in [0, 0.05) is 32.5 Å². The van der Waals surface area contributed by atoms with Gasteiger partial charge in [-0.1, -0.05) is 0 Å². The Kier molecular flexibility index (Phi) is 10.2. The molecule has 0 radical (unpaired) electrons. The van der Waals surface area contributed by atoms with Crippen LogP contribution in [-0.4, -0.2) is 55.2 Å². The Labute approximate surface area is 148 Å². The number of nitrogens with zero attached hydrogens (tertiary/aromatic N) is 2. The van der Waals surface area contributed by atoms with Gasteiger partial charge >= 0.3 is 0 Å². The fourth-order valence-electron chi connectivity index (χ4n) is 2.05. The van der Waals surface area contributed by atoms with Gasteiger partial charge in [0.05, 0.1) is 24.9 Å². The zero-order chi connectivity index (χ0) is 14.8. The van der Waals surface area contributed by atoms with Crippen molar-refractivity contribution in [1.82, 2.24) is 20.8 Å². The molecule has 1 aliphatic rings. The third-order valence-corrected chi connectivity index (χ3v) is 3.17. The number of guanidine groups is 1. The van der Waals surface area contributed by atoms with Crippen molar-refractivity contribution in [3.05, 3.63) is 18.0 Å². The topological polar surface area (TPSA) is 83.6 Å². The van der Waals surface area contributed by atoms with Crippen molar-refractivity contribution < 1.29 is 9.47 Å². The van der Waals surface area contributed by atoms with Crippen molar-refractivity contribution in [3.63, 3.8) is 0 Å². The van der Waals surface area contributed by atoms with Crippen LogP contribution in [0.1, 0.15) is 25.5 Å². The molecule has 1 aliphatic heterocycles. The quantitative estimate of drug-likeness (QED) is 0.254. The monoisotopic (exact) mass is 423 g/mol. The first-order valence-corrected chi connectivity index (χ1v) is 7.58. The molecule has 0 spiro atoms. The minimum absolute atomic E-state index is 0. The van der Waals surface area contributed by atoms with E-state index in [1.54, 1.807) is 6.20 Å². The van der Waals surface area contributed by atoms with Crippen LogP contribution in [-0.2, 0) is 16.0 Å². The number of rotatable bonds is 8. The Bertz CT molecular complexity index is 407. The van der Waals surface area contributed by atoms with Crippen molar-refractivity contribution in [2.45, 2.75) is 32.4 Å². The molecule has 0 bridgehead atoms. The second-order valence-corrected chi connectivity index (χ2v) is 4.91. The van der Waals surface area contributed by atoms with Gasteiger partial charge < -0.3 is 20.1 Å². The highest BCUT2D eigenvalue weighted by atomic mass is 127. The average Bonchev–Trinajstić information content (AvgIpc) is 3.17. The number of nitrogens with one attached hydrogen (secondary N) is 3. The summed E-state index contributed by atoms with van der Waals surface area (Å²) in [6.07, 6.45) is 3.98. The molecule has 1 aromatic rings. The normalized spacial score (nSPS) is 18.0. The molecule has 2 rings (SSSR count). The van der Waals surface area contributed by atoms with Crippen molar-refractivity contribution in [3.8, 4) is 0 Å². The Morgan fingerprint density at radius 3 is 3.14 bits per heavy atom. The standard InChI is InChI=1S/C14H25N5O2.HI/c1-2-15-14(17-10-12-4-7-18-19-12)16-6-3-8-21-13-5-9-20-11-13;/h4,7,13H,2-3,5-6,8-11H2,1H3,(H,18,19)(H2,15,16,17);1H. The van der Waals surface area contributed by atoms with Crippen LogP contribution >= 0.6 is 24.0 Å². The van der Waals surface area contributed by atoms with Gasteiger partial charge in [0.25, 0.3) is 0 Å². The van der Waals surface area contributed by atoms with E-state index >= 15 is 0 Å². The Balaban J connectivity index is 0.00000242. The maximum atomic E-state index is 5.73. The molecule has 0 saturated carbocycles. The van der Waals surface area contributed by atoms with Crippen LogP contribution in [0.4, 0.5) is 0 Å². The molecule has 1 fully saturated rings. The molecule has 126 valence electrons. The molecule has 1 atom stereocenters. The van der Waals surface area contributed by atoms with Crippen LogP contribution in [0, 0.1) is 0 Å². The minimum Gasteiger partial charge on any atom is -0.379 e.